The third-order valence-corrected chi connectivity index (χ3v) is 0.906. The van der Waals surface area contributed by atoms with E-state index in [-0.39, 0.29) is 6.61 Å². The molecule has 1 aliphatic heterocycles. The van der Waals surface area contributed by atoms with Crippen LogP contribution in [0.4, 0.5) is 0 Å². The zero-order valence-corrected chi connectivity index (χ0v) is 5.03. The maximum Gasteiger partial charge on any atom is 0.360 e. The van der Waals surface area contributed by atoms with Crippen LogP contribution in [-0.4, -0.2) is 25.3 Å². The highest BCUT2D eigenvalue weighted by molar-refractivity contribution is 4.90. The molecule has 0 bridgehead atoms. The molecule has 0 fully saturated rings. The molecule has 0 aromatic heterocycles. The lowest BCUT2D eigenvalue weighted by Crippen LogP contribution is -2.10. The van der Waals surface area contributed by atoms with Crippen molar-refractivity contribution in [2.45, 2.75) is 6.48 Å². The highest BCUT2D eigenvalue weighted by atomic mass is 16.9. The Morgan fingerprint density at radius 1 is 1.89 bits per heavy atom. The van der Waals surface area contributed by atoms with E-state index in [0.717, 1.165) is 0 Å². The second-order valence-corrected chi connectivity index (χ2v) is 1.52. The summed E-state index contributed by atoms with van der Waals surface area (Å²) in [5.74, 6) is 0.391. The molecule has 0 radical (unpaired) electrons. The maximum atomic E-state index is 8.45. The Morgan fingerprint density at radius 3 is 3.00 bits per heavy atom. The summed E-state index contributed by atoms with van der Waals surface area (Å²) < 4.78 is 14.2. The Bertz CT molecular complexity index is 120. The first-order valence-corrected chi connectivity index (χ1v) is 2.51. The zero-order valence-electron chi connectivity index (χ0n) is 5.03. The molecule has 52 valence electrons. The van der Waals surface area contributed by atoms with Crippen LogP contribution in [0, 0.1) is 0 Å². The molecule has 0 aromatic rings. The first-order valence-electron chi connectivity index (χ1n) is 2.51. The molecule has 0 spiro atoms. The molecule has 9 heavy (non-hydrogen) atoms. The van der Waals surface area contributed by atoms with E-state index in [9.17, 15) is 0 Å². The van der Waals surface area contributed by atoms with Gasteiger partial charge in [-0.2, -0.15) is 0 Å². The largest absolute Gasteiger partial charge is 0.436 e. The summed E-state index contributed by atoms with van der Waals surface area (Å²) in [4.78, 5) is 0. The van der Waals surface area contributed by atoms with Crippen LogP contribution in [0.25, 0.3) is 0 Å². The molecule has 1 aliphatic rings. The Kier molecular flexibility index (Phi) is 1.92. The molecule has 1 atom stereocenters. The van der Waals surface area contributed by atoms with Gasteiger partial charge in [0.2, 0.25) is 0 Å². The minimum atomic E-state index is -0.674. The standard InChI is InChI=1S/C5H8O4/c1-7-5-8-3-4(2-6)9-5/h3,5-6H,2H2,1H3. The van der Waals surface area contributed by atoms with Gasteiger partial charge in [0.05, 0.1) is 0 Å². The van der Waals surface area contributed by atoms with Crippen molar-refractivity contribution < 1.29 is 19.3 Å². The fourth-order valence-electron chi connectivity index (χ4n) is 0.489. The van der Waals surface area contributed by atoms with E-state index in [1.807, 2.05) is 0 Å². The van der Waals surface area contributed by atoms with E-state index in [2.05, 4.69) is 4.74 Å². The van der Waals surface area contributed by atoms with Crippen molar-refractivity contribution in [2.75, 3.05) is 13.7 Å². The molecule has 4 nitrogen and oxygen atoms in total. The zero-order chi connectivity index (χ0) is 6.69. The number of rotatable bonds is 2. The highest BCUT2D eigenvalue weighted by Gasteiger charge is 2.16. The molecular formula is C5H8O4. The third kappa shape index (κ3) is 1.34. The van der Waals surface area contributed by atoms with Gasteiger partial charge in [-0.05, 0) is 0 Å². The van der Waals surface area contributed by atoms with Gasteiger partial charge in [-0.15, -0.1) is 0 Å². The summed E-state index contributed by atoms with van der Waals surface area (Å²) in [5.41, 5.74) is 0. The molecular weight excluding hydrogens is 124 g/mol. The molecule has 1 heterocycles. The summed E-state index contributed by atoms with van der Waals surface area (Å²) in [6, 6.07) is 0. The normalized spacial score (nSPS) is 24.7. The van der Waals surface area contributed by atoms with E-state index < -0.39 is 6.48 Å². The van der Waals surface area contributed by atoms with Crippen LogP contribution >= 0.6 is 0 Å². The van der Waals surface area contributed by atoms with Crippen LogP contribution in [0.3, 0.4) is 0 Å². The van der Waals surface area contributed by atoms with Gasteiger partial charge >= 0.3 is 6.48 Å². The van der Waals surface area contributed by atoms with E-state index in [1.54, 1.807) is 0 Å². The SMILES string of the molecule is COC1OC=C(CO)O1. The van der Waals surface area contributed by atoms with Gasteiger partial charge in [-0.1, -0.05) is 0 Å². The van der Waals surface area contributed by atoms with Crippen LogP contribution in [0.2, 0.25) is 0 Å². The van der Waals surface area contributed by atoms with Crippen molar-refractivity contribution >= 4 is 0 Å². The fraction of sp³-hybridized carbons (Fsp3) is 0.600. The summed E-state index contributed by atoms with van der Waals surface area (Å²) >= 11 is 0. The Labute approximate surface area is 52.6 Å². The van der Waals surface area contributed by atoms with Gasteiger partial charge in [0.1, 0.15) is 12.9 Å². The monoisotopic (exact) mass is 132 g/mol. The van der Waals surface area contributed by atoms with Gasteiger partial charge < -0.3 is 19.3 Å². The summed E-state index contributed by atoms with van der Waals surface area (Å²) in [6.45, 7) is -0.827. The van der Waals surface area contributed by atoms with Crippen LogP contribution in [0.15, 0.2) is 12.0 Å². The number of aliphatic hydroxyl groups is 1. The smallest absolute Gasteiger partial charge is 0.360 e. The lowest BCUT2D eigenvalue weighted by molar-refractivity contribution is -0.209. The predicted molar refractivity (Wildman–Crippen MR) is 28.1 cm³/mol. The van der Waals surface area contributed by atoms with Crippen molar-refractivity contribution in [3.8, 4) is 0 Å². The maximum absolute atomic E-state index is 8.45. The Hall–Kier alpha value is -0.740. The van der Waals surface area contributed by atoms with Crippen molar-refractivity contribution in [3.05, 3.63) is 12.0 Å². The molecule has 1 rings (SSSR count). The summed E-state index contributed by atoms with van der Waals surface area (Å²) in [7, 11) is 1.46. The average Bonchev–Trinajstić information content (AvgIpc) is 2.34. The Balaban J connectivity index is 2.31. The quantitative estimate of drug-likeness (QED) is 0.565. The summed E-state index contributed by atoms with van der Waals surface area (Å²) in [5, 5.41) is 8.45. The number of methoxy groups -OCH3 is 1. The lowest BCUT2D eigenvalue weighted by Gasteiger charge is -2.06. The van der Waals surface area contributed by atoms with E-state index in [1.165, 1.54) is 13.4 Å². The lowest BCUT2D eigenvalue weighted by atomic mass is 10.6. The van der Waals surface area contributed by atoms with E-state index in [4.69, 9.17) is 14.6 Å². The summed E-state index contributed by atoms with van der Waals surface area (Å²) in [6.07, 6.45) is 1.33. The first kappa shape index (κ1) is 6.38. The molecule has 0 saturated heterocycles. The second kappa shape index (κ2) is 2.70. The number of hydrogen-bond acceptors (Lipinski definition) is 4. The van der Waals surface area contributed by atoms with Gasteiger partial charge in [0.15, 0.2) is 5.76 Å². The van der Waals surface area contributed by atoms with E-state index in [0.29, 0.717) is 5.76 Å². The van der Waals surface area contributed by atoms with Gasteiger partial charge in [-0.3, -0.25) is 0 Å². The average molecular weight is 132 g/mol. The van der Waals surface area contributed by atoms with Gasteiger partial charge in [0, 0.05) is 7.11 Å². The number of ether oxygens (including phenoxy) is 3. The molecule has 0 saturated carbocycles. The van der Waals surface area contributed by atoms with Gasteiger partial charge in [0.25, 0.3) is 0 Å². The molecule has 1 N–H and O–H groups in total. The van der Waals surface area contributed by atoms with Crippen LogP contribution in [0.5, 0.6) is 0 Å². The Morgan fingerprint density at radius 2 is 2.67 bits per heavy atom. The minimum Gasteiger partial charge on any atom is -0.436 e. The number of aliphatic hydroxyl groups excluding tert-OH is 1. The van der Waals surface area contributed by atoms with Crippen molar-refractivity contribution in [2.24, 2.45) is 0 Å². The molecule has 0 aliphatic carbocycles. The van der Waals surface area contributed by atoms with Crippen LogP contribution < -0.4 is 0 Å². The highest BCUT2D eigenvalue weighted by Crippen LogP contribution is 2.12. The molecule has 4 heteroatoms. The topological polar surface area (TPSA) is 47.9 Å². The second-order valence-electron chi connectivity index (χ2n) is 1.52. The van der Waals surface area contributed by atoms with Crippen molar-refractivity contribution in [3.63, 3.8) is 0 Å². The van der Waals surface area contributed by atoms with Crippen molar-refractivity contribution in [1.29, 1.82) is 0 Å². The molecule has 0 amide bonds. The van der Waals surface area contributed by atoms with E-state index >= 15 is 0 Å². The van der Waals surface area contributed by atoms with Crippen LogP contribution in [-0.2, 0) is 14.2 Å². The minimum absolute atomic E-state index is 0.153. The van der Waals surface area contributed by atoms with Gasteiger partial charge in [-0.25, -0.2) is 0 Å². The third-order valence-electron chi connectivity index (χ3n) is 0.906. The number of hydrogen-bond donors (Lipinski definition) is 1. The van der Waals surface area contributed by atoms with Crippen LogP contribution in [0.1, 0.15) is 0 Å². The molecule has 0 aromatic carbocycles. The predicted octanol–water partition coefficient (Wildman–Crippen LogP) is -0.203. The molecule has 1 unspecified atom stereocenters. The van der Waals surface area contributed by atoms with Crippen molar-refractivity contribution in [1.82, 2.24) is 0 Å². The fourth-order valence-corrected chi connectivity index (χ4v) is 0.489. The first-order chi connectivity index (χ1) is 4.36.